The van der Waals surface area contributed by atoms with E-state index in [0.29, 0.717) is 19.7 Å². The van der Waals surface area contributed by atoms with E-state index < -0.39 is 0 Å². The van der Waals surface area contributed by atoms with Crippen LogP contribution in [-0.4, -0.2) is 23.8 Å². The fourth-order valence-electron chi connectivity index (χ4n) is 3.12. The molecule has 0 bridgehead atoms. The number of rotatable bonds is 6. The highest BCUT2D eigenvalue weighted by molar-refractivity contribution is 6.08. The fourth-order valence-corrected chi connectivity index (χ4v) is 3.12. The van der Waals surface area contributed by atoms with Crippen LogP contribution in [0.2, 0.25) is 0 Å². The molecule has 3 aromatic rings. The quantitative estimate of drug-likeness (QED) is 0.503. The smallest absolute Gasteiger partial charge is 0.407 e. The van der Waals surface area contributed by atoms with Gasteiger partial charge in [-0.15, -0.1) is 0 Å². The number of fused-ring (bicyclic) bond motifs is 3. The number of aromatic nitrogens is 1. The number of benzene rings is 2. The van der Waals surface area contributed by atoms with Gasteiger partial charge in [0, 0.05) is 34.8 Å². The number of para-hydroxylation sites is 2. The topological polar surface area (TPSA) is 43.3 Å². The molecule has 1 aromatic heterocycles. The number of ether oxygens (including phenoxy) is 1. The summed E-state index contributed by atoms with van der Waals surface area (Å²) in [6.07, 6.45) is 2.09. The van der Waals surface area contributed by atoms with E-state index >= 15 is 0 Å². The Balaban J connectivity index is 1.52. The van der Waals surface area contributed by atoms with Gasteiger partial charge in [0.15, 0.2) is 0 Å². The predicted molar refractivity (Wildman–Crippen MR) is 114 cm³/mol. The molecule has 0 aliphatic carbocycles. The standard InChI is InChI=1S/C24H24N2O2/c1-2-25-24(27)28-19-13-7-5-3-4-6-12-18-26-22-16-10-8-14-20(22)21-15-9-11-17-23(21)26/h8-11,14-17H,2,5,7,13,18-19H2,1H3,(H,25,27). The van der Waals surface area contributed by atoms with E-state index in [1.807, 2.05) is 6.92 Å². The Labute approximate surface area is 165 Å². The zero-order valence-electron chi connectivity index (χ0n) is 16.1. The molecule has 4 heteroatoms. The van der Waals surface area contributed by atoms with Gasteiger partial charge in [-0.1, -0.05) is 48.2 Å². The minimum atomic E-state index is -0.357. The molecule has 142 valence electrons. The van der Waals surface area contributed by atoms with Crippen molar-refractivity contribution in [1.29, 1.82) is 0 Å². The van der Waals surface area contributed by atoms with Gasteiger partial charge in [-0.2, -0.15) is 0 Å². The van der Waals surface area contributed by atoms with Gasteiger partial charge in [-0.3, -0.25) is 0 Å². The summed E-state index contributed by atoms with van der Waals surface area (Å²) in [6, 6.07) is 16.8. The maximum Gasteiger partial charge on any atom is 0.407 e. The molecular formula is C24H24N2O2. The zero-order valence-corrected chi connectivity index (χ0v) is 16.1. The second kappa shape index (κ2) is 10.1. The largest absolute Gasteiger partial charge is 0.450 e. The van der Waals surface area contributed by atoms with Gasteiger partial charge in [-0.25, -0.2) is 4.79 Å². The lowest BCUT2D eigenvalue weighted by atomic mass is 10.2. The first-order chi connectivity index (χ1) is 13.8. The van der Waals surface area contributed by atoms with Crippen molar-refractivity contribution in [3.8, 4) is 23.7 Å². The molecule has 0 aliphatic heterocycles. The molecule has 0 unspecified atom stereocenters. The average molecular weight is 372 g/mol. The van der Waals surface area contributed by atoms with Crippen molar-refractivity contribution in [3.05, 3.63) is 48.5 Å². The van der Waals surface area contributed by atoms with Crippen molar-refractivity contribution in [3.63, 3.8) is 0 Å². The molecule has 2 aromatic carbocycles. The van der Waals surface area contributed by atoms with Crippen molar-refractivity contribution in [2.45, 2.75) is 32.7 Å². The summed E-state index contributed by atoms with van der Waals surface area (Å²) in [5, 5.41) is 5.10. The summed E-state index contributed by atoms with van der Waals surface area (Å²) in [6.45, 7) is 3.48. The monoisotopic (exact) mass is 372 g/mol. The molecular weight excluding hydrogens is 348 g/mol. The lowest BCUT2D eigenvalue weighted by Crippen LogP contribution is -2.23. The summed E-state index contributed by atoms with van der Waals surface area (Å²) in [4.78, 5) is 11.1. The highest BCUT2D eigenvalue weighted by atomic mass is 16.5. The van der Waals surface area contributed by atoms with Crippen LogP contribution in [0.1, 0.15) is 26.2 Å². The number of hydrogen-bond acceptors (Lipinski definition) is 2. The number of hydrogen-bond donors (Lipinski definition) is 1. The third kappa shape index (κ3) is 4.87. The summed E-state index contributed by atoms with van der Waals surface area (Å²) < 4.78 is 7.24. The van der Waals surface area contributed by atoms with Crippen molar-refractivity contribution >= 4 is 27.9 Å². The molecule has 1 heterocycles. The van der Waals surface area contributed by atoms with Gasteiger partial charge in [0.25, 0.3) is 0 Å². The van der Waals surface area contributed by atoms with Crippen LogP contribution in [0.4, 0.5) is 4.79 Å². The maximum atomic E-state index is 11.1. The van der Waals surface area contributed by atoms with Gasteiger partial charge in [0.2, 0.25) is 0 Å². The number of unbranched alkanes of at least 4 members (excludes halogenated alkanes) is 2. The second-order valence-corrected chi connectivity index (χ2v) is 6.35. The van der Waals surface area contributed by atoms with Crippen LogP contribution in [0.15, 0.2) is 48.5 Å². The highest BCUT2D eigenvalue weighted by Gasteiger charge is 2.07. The van der Waals surface area contributed by atoms with Crippen LogP contribution < -0.4 is 5.32 Å². The average Bonchev–Trinajstić information content (AvgIpc) is 3.04. The van der Waals surface area contributed by atoms with Crippen molar-refractivity contribution in [1.82, 2.24) is 9.88 Å². The number of carbonyl (C=O) groups is 1. The third-order valence-corrected chi connectivity index (χ3v) is 4.41. The lowest BCUT2D eigenvalue weighted by molar-refractivity contribution is 0.145. The molecule has 0 radical (unpaired) electrons. The van der Waals surface area contributed by atoms with Gasteiger partial charge in [-0.05, 0) is 43.7 Å². The number of alkyl carbamates (subject to hydrolysis) is 1. The lowest BCUT2D eigenvalue weighted by Gasteiger charge is -2.03. The molecule has 0 saturated carbocycles. The van der Waals surface area contributed by atoms with Crippen LogP contribution in [-0.2, 0) is 11.3 Å². The Morgan fingerprint density at radius 1 is 0.964 bits per heavy atom. The molecule has 0 atom stereocenters. The minimum Gasteiger partial charge on any atom is -0.450 e. The Bertz CT molecular complexity index is 1020. The maximum absolute atomic E-state index is 11.1. The first kappa shape index (κ1) is 19.4. The second-order valence-electron chi connectivity index (χ2n) is 6.35. The van der Waals surface area contributed by atoms with Crippen molar-refractivity contribution < 1.29 is 9.53 Å². The normalized spacial score (nSPS) is 10.0. The molecule has 1 N–H and O–H groups in total. The first-order valence-corrected chi connectivity index (χ1v) is 9.63. The van der Waals surface area contributed by atoms with E-state index in [1.54, 1.807) is 0 Å². The van der Waals surface area contributed by atoms with Crippen molar-refractivity contribution in [2.75, 3.05) is 13.2 Å². The van der Waals surface area contributed by atoms with Gasteiger partial charge in [0.1, 0.15) is 0 Å². The summed E-state index contributed by atoms with van der Waals surface area (Å²) in [5.74, 6) is 12.1. The number of nitrogens with zero attached hydrogens (tertiary/aromatic N) is 1. The van der Waals surface area contributed by atoms with Gasteiger partial charge >= 0.3 is 6.09 Å². The molecule has 0 saturated heterocycles. The highest BCUT2D eigenvalue weighted by Crippen LogP contribution is 2.28. The third-order valence-electron chi connectivity index (χ3n) is 4.41. The molecule has 0 spiro atoms. The van der Waals surface area contributed by atoms with Gasteiger partial charge in [0.05, 0.1) is 13.2 Å². The van der Waals surface area contributed by atoms with E-state index in [2.05, 4.69) is 82.1 Å². The van der Waals surface area contributed by atoms with Gasteiger partial charge < -0.3 is 14.6 Å². The number of amides is 1. The molecule has 0 aliphatic rings. The van der Waals surface area contributed by atoms with E-state index in [0.717, 1.165) is 19.3 Å². The first-order valence-electron chi connectivity index (χ1n) is 9.63. The number of nitrogens with one attached hydrogen (secondary N) is 1. The van der Waals surface area contributed by atoms with Crippen LogP contribution in [0, 0.1) is 23.7 Å². The molecule has 28 heavy (non-hydrogen) atoms. The molecule has 4 nitrogen and oxygen atoms in total. The summed E-state index contributed by atoms with van der Waals surface area (Å²) in [7, 11) is 0. The van der Waals surface area contributed by atoms with E-state index in [9.17, 15) is 4.79 Å². The molecule has 3 rings (SSSR count). The van der Waals surface area contributed by atoms with Crippen LogP contribution in [0.3, 0.4) is 0 Å². The van der Waals surface area contributed by atoms with Crippen LogP contribution >= 0.6 is 0 Å². The fraction of sp³-hybridized carbons (Fsp3) is 0.292. The Kier molecular flexibility index (Phi) is 6.99. The molecule has 1 amide bonds. The van der Waals surface area contributed by atoms with Crippen LogP contribution in [0.5, 0.6) is 0 Å². The van der Waals surface area contributed by atoms with Crippen LogP contribution in [0.25, 0.3) is 21.8 Å². The zero-order chi connectivity index (χ0) is 19.6. The Hall–Kier alpha value is -3.37. The SMILES string of the molecule is CCNC(=O)OCCCCC#CC#CCn1c2ccccc2c2ccccc21. The summed E-state index contributed by atoms with van der Waals surface area (Å²) in [5.41, 5.74) is 2.39. The molecule has 0 fully saturated rings. The predicted octanol–water partition coefficient (Wildman–Crippen LogP) is 4.72. The Morgan fingerprint density at radius 3 is 2.29 bits per heavy atom. The van der Waals surface area contributed by atoms with Crippen molar-refractivity contribution in [2.24, 2.45) is 0 Å². The minimum absolute atomic E-state index is 0.357. The summed E-state index contributed by atoms with van der Waals surface area (Å²) >= 11 is 0. The van der Waals surface area contributed by atoms with E-state index in [-0.39, 0.29) is 6.09 Å². The van der Waals surface area contributed by atoms with E-state index in [4.69, 9.17) is 4.74 Å². The Morgan fingerprint density at radius 2 is 1.61 bits per heavy atom. The van der Waals surface area contributed by atoms with E-state index in [1.165, 1.54) is 21.8 Å². The number of carbonyl (C=O) groups excluding carboxylic acids is 1.